The van der Waals surface area contributed by atoms with Crippen LogP contribution in [0.15, 0.2) is 0 Å². The zero-order valence-corrected chi connectivity index (χ0v) is 22.7. The van der Waals surface area contributed by atoms with Crippen LogP contribution < -0.4 is 69.3 Å². The van der Waals surface area contributed by atoms with Gasteiger partial charge in [-0.25, -0.2) is 0 Å². The van der Waals surface area contributed by atoms with Crippen molar-refractivity contribution in [1.29, 1.82) is 0 Å². The molecule has 1 unspecified atom stereocenters. The van der Waals surface area contributed by atoms with Crippen LogP contribution in [0.25, 0.3) is 0 Å². The normalized spacial score (nSPS) is 12.5. The summed E-state index contributed by atoms with van der Waals surface area (Å²) in [6.07, 6.45) is 7.23. The van der Waals surface area contributed by atoms with Gasteiger partial charge in [0.1, 0.15) is 5.25 Å². The second kappa shape index (κ2) is 17.5. The summed E-state index contributed by atoms with van der Waals surface area (Å²) in [4.78, 5) is 23.3. The third kappa shape index (κ3) is 11.9. The summed E-state index contributed by atoms with van der Waals surface area (Å²) in [5, 5.41) is 20.8. The van der Waals surface area contributed by atoms with Crippen molar-refractivity contribution in [2.75, 3.05) is 0 Å². The summed E-state index contributed by atoms with van der Waals surface area (Å²) in [5.74, 6) is -3.85. The van der Waals surface area contributed by atoms with Crippen molar-refractivity contribution in [2.24, 2.45) is 5.41 Å². The molecule has 1 atom stereocenters. The second-order valence-corrected chi connectivity index (χ2v) is 8.49. The Bertz CT molecular complexity index is 524. The van der Waals surface area contributed by atoms with Crippen LogP contribution in [0.4, 0.5) is 0 Å². The van der Waals surface area contributed by atoms with Gasteiger partial charge in [-0.05, 0) is 12.8 Å². The number of carbonyl (C=O) groups is 2. The van der Waals surface area contributed by atoms with Gasteiger partial charge in [-0.15, -0.1) is 0 Å². The Hall–Kier alpha value is 0.850. The molecule has 0 aromatic heterocycles. The van der Waals surface area contributed by atoms with E-state index in [-0.39, 0.29) is 72.0 Å². The maximum atomic E-state index is 11.9. The van der Waals surface area contributed by atoms with Gasteiger partial charge in [0, 0.05) is 11.4 Å². The molecule has 0 spiro atoms. The molecule has 0 bridgehead atoms. The first-order valence-electron chi connectivity index (χ1n) is 9.52. The quantitative estimate of drug-likeness (QED) is 0.146. The summed E-state index contributed by atoms with van der Waals surface area (Å²) in [7, 11) is -5.14. The van der Waals surface area contributed by atoms with Gasteiger partial charge in [0.05, 0.1) is 5.97 Å². The maximum Gasteiger partial charge on any atom is 1.00 e. The average molecular weight is 438 g/mol. The molecule has 0 amide bonds. The standard InChI is InChI=1S/C18H34O7S.2Na/c1-3-5-7-9-11-13-18(17(21)22,14-12-10-8-6-4-2)15(16(19)20)26(23,24)25;;/h15H,3-14H2,1-2H3,(H,19,20)(H,21,22)(H,23,24,25);;/q;2*+1/p-2. The van der Waals surface area contributed by atoms with Gasteiger partial charge >= 0.3 is 59.1 Å². The number of aliphatic carboxylic acids is 2. The summed E-state index contributed by atoms with van der Waals surface area (Å²) in [6.45, 7) is 4.04. The van der Waals surface area contributed by atoms with Gasteiger partial charge < -0.3 is 19.8 Å². The molecule has 0 saturated carbocycles. The Balaban J connectivity index is -0.00000312. The summed E-state index contributed by atoms with van der Waals surface area (Å²) < 4.78 is 32.7. The number of carboxylic acids is 2. The SMILES string of the molecule is CCCCCCCC(CCCCCCC)(C(=O)[O-])C(C(=O)[O-])S(=O)(=O)O.[Na+].[Na+]. The molecule has 0 radical (unpaired) electrons. The van der Waals surface area contributed by atoms with Crippen LogP contribution in [0.2, 0.25) is 0 Å². The van der Waals surface area contributed by atoms with Gasteiger partial charge in [0.15, 0.2) is 0 Å². The van der Waals surface area contributed by atoms with Crippen LogP contribution in [-0.2, 0) is 19.7 Å². The fourth-order valence-electron chi connectivity index (χ4n) is 3.42. The summed E-state index contributed by atoms with van der Waals surface area (Å²) in [5.41, 5.74) is -2.18. The van der Waals surface area contributed by atoms with Gasteiger partial charge in [0.2, 0.25) is 0 Å². The Morgan fingerprint density at radius 3 is 1.43 bits per heavy atom. The van der Waals surface area contributed by atoms with E-state index in [9.17, 15) is 32.8 Å². The van der Waals surface area contributed by atoms with Crippen LogP contribution in [0, 0.1) is 5.41 Å². The Morgan fingerprint density at radius 2 is 1.18 bits per heavy atom. The van der Waals surface area contributed by atoms with E-state index in [0.29, 0.717) is 25.7 Å². The maximum absolute atomic E-state index is 11.9. The molecule has 0 aliphatic heterocycles. The molecule has 7 nitrogen and oxygen atoms in total. The second-order valence-electron chi connectivity index (χ2n) is 6.99. The predicted molar refractivity (Wildman–Crippen MR) is 94.5 cm³/mol. The van der Waals surface area contributed by atoms with Gasteiger partial charge in [-0.3, -0.25) is 4.55 Å². The number of carboxylic acid groups (broad SMARTS) is 2. The first-order chi connectivity index (χ1) is 12.1. The molecule has 0 aromatic rings. The van der Waals surface area contributed by atoms with Crippen LogP contribution in [0.3, 0.4) is 0 Å². The minimum Gasteiger partial charge on any atom is -0.549 e. The van der Waals surface area contributed by atoms with E-state index in [0.717, 1.165) is 38.5 Å². The number of unbranched alkanes of at least 4 members (excludes halogenated alkanes) is 8. The van der Waals surface area contributed by atoms with E-state index in [4.69, 9.17) is 0 Å². The largest absolute Gasteiger partial charge is 1.00 e. The number of carbonyl (C=O) groups excluding carboxylic acids is 2. The third-order valence-corrected chi connectivity index (χ3v) is 6.11. The average Bonchev–Trinajstić information content (AvgIpc) is 2.52. The summed E-state index contributed by atoms with van der Waals surface area (Å²) in [6, 6.07) is 0. The van der Waals surface area contributed by atoms with Crippen molar-refractivity contribution in [2.45, 2.75) is 96.1 Å². The molecule has 0 aliphatic carbocycles. The van der Waals surface area contributed by atoms with Crippen molar-refractivity contribution in [3.63, 3.8) is 0 Å². The van der Waals surface area contributed by atoms with Gasteiger partial charge in [-0.1, -0.05) is 78.1 Å². The molecule has 0 fully saturated rings. The van der Waals surface area contributed by atoms with Crippen LogP contribution in [0.5, 0.6) is 0 Å². The minimum atomic E-state index is -5.14. The van der Waals surface area contributed by atoms with E-state index in [1.165, 1.54) is 0 Å². The topological polar surface area (TPSA) is 135 Å². The van der Waals surface area contributed by atoms with Crippen LogP contribution in [-0.4, -0.2) is 30.2 Å². The number of rotatable bonds is 16. The molecule has 1 N–H and O–H groups in total. The molecule has 0 heterocycles. The van der Waals surface area contributed by atoms with E-state index in [1.54, 1.807) is 0 Å². The van der Waals surface area contributed by atoms with Gasteiger partial charge in [0.25, 0.3) is 10.1 Å². The van der Waals surface area contributed by atoms with Crippen molar-refractivity contribution in [1.82, 2.24) is 0 Å². The van der Waals surface area contributed by atoms with Crippen molar-refractivity contribution < 1.29 is 91.9 Å². The molecule has 28 heavy (non-hydrogen) atoms. The Labute approximate surface area is 213 Å². The molecule has 0 saturated heterocycles. The molecule has 0 aliphatic rings. The van der Waals surface area contributed by atoms with Crippen molar-refractivity contribution >= 4 is 22.1 Å². The zero-order chi connectivity index (χ0) is 20.2. The predicted octanol–water partition coefficient (Wildman–Crippen LogP) is -4.54. The van der Waals surface area contributed by atoms with Crippen LogP contribution in [0.1, 0.15) is 90.9 Å². The first kappa shape index (κ1) is 33.5. The van der Waals surface area contributed by atoms with E-state index >= 15 is 0 Å². The van der Waals surface area contributed by atoms with Crippen LogP contribution >= 0.6 is 0 Å². The van der Waals surface area contributed by atoms with E-state index in [1.807, 2.05) is 13.8 Å². The number of hydrogen-bond donors (Lipinski definition) is 1. The molecule has 154 valence electrons. The van der Waals surface area contributed by atoms with Gasteiger partial charge in [-0.2, -0.15) is 8.42 Å². The minimum absolute atomic E-state index is 0. The Morgan fingerprint density at radius 1 is 0.821 bits per heavy atom. The Kier molecular flexibility index (Phi) is 21.0. The van der Waals surface area contributed by atoms with E-state index < -0.39 is 32.7 Å². The number of hydrogen-bond acceptors (Lipinski definition) is 6. The van der Waals surface area contributed by atoms with Crippen molar-refractivity contribution in [3.05, 3.63) is 0 Å². The first-order valence-corrected chi connectivity index (χ1v) is 11.0. The summed E-state index contributed by atoms with van der Waals surface area (Å²) >= 11 is 0. The monoisotopic (exact) mass is 438 g/mol. The molecular weight excluding hydrogens is 406 g/mol. The zero-order valence-electron chi connectivity index (χ0n) is 17.9. The smallest absolute Gasteiger partial charge is 0.549 e. The van der Waals surface area contributed by atoms with Crippen molar-refractivity contribution in [3.8, 4) is 0 Å². The third-order valence-electron chi connectivity index (χ3n) is 4.87. The fourth-order valence-corrected chi connectivity index (χ4v) is 4.56. The molecule has 10 heteroatoms. The molecule has 0 aromatic carbocycles. The fraction of sp³-hybridized carbons (Fsp3) is 0.889. The molecular formula is C18H32Na2O7S. The van der Waals surface area contributed by atoms with E-state index in [2.05, 4.69) is 0 Å². The molecule has 0 rings (SSSR count).